The summed E-state index contributed by atoms with van der Waals surface area (Å²) in [5, 5.41) is 3.89. The number of nitrogens with zero attached hydrogens (tertiary/aromatic N) is 1. The first-order valence-corrected chi connectivity index (χ1v) is 7.83. The molecule has 0 aliphatic rings. The molecule has 0 saturated heterocycles. The van der Waals surface area contributed by atoms with Crippen molar-refractivity contribution in [2.75, 3.05) is 19.5 Å². The molecule has 118 valence electrons. The molecular weight excluding hydrogens is 312 g/mol. The second kappa shape index (κ2) is 6.26. The molecule has 23 heavy (non-hydrogen) atoms. The van der Waals surface area contributed by atoms with Crippen molar-refractivity contribution in [3.8, 4) is 11.5 Å². The Labute approximate surface area is 137 Å². The van der Waals surface area contributed by atoms with E-state index in [0.717, 1.165) is 20.9 Å². The molecule has 0 unspecified atom stereocenters. The van der Waals surface area contributed by atoms with Crippen LogP contribution in [-0.4, -0.2) is 25.1 Å². The van der Waals surface area contributed by atoms with Gasteiger partial charge in [-0.25, -0.2) is 4.98 Å². The Hall–Kier alpha value is -2.60. The van der Waals surface area contributed by atoms with Crippen molar-refractivity contribution in [2.24, 2.45) is 0 Å². The quantitative estimate of drug-likeness (QED) is 0.790. The largest absolute Gasteiger partial charge is 0.497 e. The monoisotopic (exact) mass is 328 g/mol. The molecule has 0 fully saturated rings. The zero-order valence-corrected chi connectivity index (χ0v) is 13.9. The van der Waals surface area contributed by atoms with Gasteiger partial charge in [-0.15, -0.1) is 11.3 Å². The average Bonchev–Trinajstić information content (AvgIpc) is 2.93. The highest BCUT2D eigenvalue weighted by molar-refractivity contribution is 7.18. The van der Waals surface area contributed by atoms with Crippen molar-refractivity contribution in [1.29, 1.82) is 0 Å². The lowest BCUT2D eigenvalue weighted by Crippen LogP contribution is -2.13. The zero-order valence-electron chi connectivity index (χ0n) is 13.0. The van der Waals surface area contributed by atoms with Gasteiger partial charge in [0.05, 0.1) is 35.0 Å². The van der Waals surface area contributed by atoms with Crippen LogP contribution in [0.5, 0.6) is 11.5 Å². The van der Waals surface area contributed by atoms with Crippen molar-refractivity contribution < 1.29 is 14.3 Å². The van der Waals surface area contributed by atoms with Gasteiger partial charge in [-0.05, 0) is 43.3 Å². The average molecular weight is 328 g/mol. The van der Waals surface area contributed by atoms with Gasteiger partial charge in [0, 0.05) is 5.69 Å². The summed E-state index contributed by atoms with van der Waals surface area (Å²) in [6.07, 6.45) is 0. The third-order valence-electron chi connectivity index (χ3n) is 3.40. The SMILES string of the molecule is COc1ccc(OC)c(C(=O)Nc2ccc3nc(C)sc3c2)c1. The van der Waals surface area contributed by atoms with E-state index < -0.39 is 0 Å². The van der Waals surface area contributed by atoms with Crippen LogP contribution in [0.1, 0.15) is 15.4 Å². The van der Waals surface area contributed by atoms with Crippen molar-refractivity contribution in [3.63, 3.8) is 0 Å². The fraction of sp³-hybridized carbons (Fsp3) is 0.176. The number of methoxy groups -OCH3 is 2. The molecule has 1 amide bonds. The molecule has 1 heterocycles. The maximum atomic E-state index is 12.5. The highest BCUT2D eigenvalue weighted by Crippen LogP contribution is 2.27. The van der Waals surface area contributed by atoms with Gasteiger partial charge < -0.3 is 14.8 Å². The number of fused-ring (bicyclic) bond motifs is 1. The summed E-state index contributed by atoms with van der Waals surface area (Å²) in [6, 6.07) is 10.8. The number of carbonyl (C=O) groups is 1. The van der Waals surface area contributed by atoms with Crippen LogP contribution in [0.2, 0.25) is 0 Å². The first-order valence-electron chi connectivity index (χ1n) is 7.01. The lowest BCUT2D eigenvalue weighted by Gasteiger charge is -2.11. The topological polar surface area (TPSA) is 60.5 Å². The number of ether oxygens (including phenoxy) is 2. The Kier molecular flexibility index (Phi) is 4.16. The minimum atomic E-state index is -0.249. The predicted molar refractivity (Wildman–Crippen MR) is 91.9 cm³/mol. The van der Waals surface area contributed by atoms with Crippen molar-refractivity contribution in [1.82, 2.24) is 4.98 Å². The molecule has 0 atom stereocenters. The fourth-order valence-electron chi connectivity index (χ4n) is 2.31. The van der Waals surface area contributed by atoms with Crippen LogP contribution in [0.15, 0.2) is 36.4 Å². The van der Waals surface area contributed by atoms with Crippen molar-refractivity contribution in [3.05, 3.63) is 47.0 Å². The number of hydrogen-bond donors (Lipinski definition) is 1. The normalized spacial score (nSPS) is 10.6. The number of rotatable bonds is 4. The lowest BCUT2D eigenvalue weighted by molar-refractivity contribution is 0.102. The summed E-state index contributed by atoms with van der Waals surface area (Å²) in [5.74, 6) is 0.851. The maximum absolute atomic E-state index is 12.5. The Balaban J connectivity index is 1.90. The van der Waals surface area contributed by atoms with Gasteiger partial charge in [-0.2, -0.15) is 0 Å². The van der Waals surface area contributed by atoms with E-state index in [1.165, 1.54) is 7.11 Å². The number of carbonyl (C=O) groups excluding carboxylic acids is 1. The first kappa shape index (κ1) is 15.3. The van der Waals surface area contributed by atoms with E-state index >= 15 is 0 Å². The molecule has 0 bridgehead atoms. The van der Waals surface area contributed by atoms with Crippen LogP contribution in [0.25, 0.3) is 10.2 Å². The number of thiazole rings is 1. The number of aromatic nitrogens is 1. The highest BCUT2D eigenvalue weighted by atomic mass is 32.1. The van der Waals surface area contributed by atoms with E-state index in [1.54, 1.807) is 36.6 Å². The Morgan fingerprint density at radius 3 is 2.70 bits per heavy atom. The molecule has 0 radical (unpaired) electrons. The molecule has 0 saturated carbocycles. The van der Waals surface area contributed by atoms with Gasteiger partial charge in [-0.3, -0.25) is 4.79 Å². The number of nitrogens with one attached hydrogen (secondary N) is 1. The van der Waals surface area contributed by atoms with Crippen molar-refractivity contribution >= 4 is 33.1 Å². The fourth-order valence-corrected chi connectivity index (χ4v) is 3.17. The van der Waals surface area contributed by atoms with E-state index in [1.807, 2.05) is 25.1 Å². The summed E-state index contributed by atoms with van der Waals surface area (Å²) < 4.78 is 11.5. The van der Waals surface area contributed by atoms with Gasteiger partial charge in [0.1, 0.15) is 11.5 Å². The molecule has 0 aliphatic carbocycles. The summed E-state index contributed by atoms with van der Waals surface area (Å²) in [7, 11) is 3.09. The Morgan fingerprint density at radius 1 is 1.13 bits per heavy atom. The Morgan fingerprint density at radius 2 is 1.96 bits per heavy atom. The molecule has 3 rings (SSSR count). The molecule has 0 aliphatic heterocycles. The van der Waals surface area contributed by atoms with Crippen LogP contribution >= 0.6 is 11.3 Å². The van der Waals surface area contributed by atoms with Crippen LogP contribution in [0.4, 0.5) is 5.69 Å². The van der Waals surface area contributed by atoms with Crippen molar-refractivity contribution in [2.45, 2.75) is 6.92 Å². The predicted octanol–water partition coefficient (Wildman–Crippen LogP) is 3.87. The third kappa shape index (κ3) is 3.12. The third-order valence-corrected chi connectivity index (χ3v) is 4.34. The molecule has 5 nitrogen and oxygen atoms in total. The molecular formula is C17H16N2O3S. The first-order chi connectivity index (χ1) is 11.1. The molecule has 2 aromatic carbocycles. The van der Waals surface area contributed by atoms with Gasteiger partial charge in [-0.1, -0.05) is 0 Å². The van der Waals surface area contributed by atoms with Crippen LogP contribution in [0.3, 0.4) is 0 Å². The smallest absolute Gasteiger partial charge is 0.259 e. The summed E-state index contributed by atoms with van der Waals surface area (Å²) in [5.41, 5.74) is 2.08. The number of aryl methyl sites for hydroxylation is 1. The number of benzene rings is 2. The van der Waals surface area contributed by atoms with Gasteiger partial charge in [0.2, 0.25) is 0 Å². The minimum Gasteiger partial charge on any atom is -0.497 e. The second-order valence-corrected chi connectivity index (χ2v) is 6.17. The van der Waals surface area contributed by atoms with E-state index in [9.17, 15) is 4.79 Å². The number of hydrogen-bond acceptors (Lipinski definition) is 5. The summed E-state index contributed by atoms with van der Waals surface area (Å²) >= 11 is 1.60. The summed E-state index contributed by atoms with van der Waals surface area (Å²) in [4.78, 5) is 17.0. The zero-order chi connectivity index (χ0) is 16.4. The lowest BCUT2D eigenvalue weighted by atomic mass is 10.1. The van der Waals surface area contributed by atoms with Gasteiger partial charge >= 0.3 is 0 Å². The van der Waals surface area contributed by atoms with Gasteiger partial charge in [0.25, 0.3) is 5.91 Å². The Bertz CT molecular complexity index is 873. The van der Waals surface area contributed by atoms with E-state index in [2.05, 4.69) is 10.3 Å². The number of anilines is 1. The van der Waals surface area contributed by atoms with Crippen LogP contribution in [0, 0.1) is 6.92 Å². The van der Waals surface area contributed by atoms with Gasteiger partial charge in [0.15, 0.2) is 0 Å². The molecule has 1 N–H and O–H groups in total. The van der Waals surface area contributed by atoms with E-state index in [4.69, 9.17) is 9.47 Å². The van der Waals surface area contributed by atoms with E-state index in [0.29, 0.717) is 17.1 Å². The second-order valence-electron chi connectivity index (χ2n) is 4.94. The molecule has 3 aromatic rings. The molecule has 6 heteroatoms. The van der Waals surface area contributed by atoms with E-state index in [-0.39, 0.29) is 5.91 Å². The summed E-state index contributed by atoms with van der Waals surface area (Å²) in [6.45, 7) is 1.96. The molecule has 0 spiro atoms. The number of amides is 1. The minimum absolute atomic E-state index is 0.249. The standard InChI is InChI=1S/C17H16N2O3S/c1-10-18-14-6-4-11(8-16(14)23-10)19-17(20)13-9-12(21-2)5-7-15(13)22-3/h4-9H,1-3H3,(H,19,20). The maximum Gasteiger partial charge on any atom is 0.259 e. The molecule has 1 aromatic heterocycles. The highest BCUT2D eigenvalue weighted by Gasteiger charge is 2.14. The van der Waals surface area contributed by atoms with Crippen LogP contribution < -0.4 is 14.8 Å². The van der Waals surface area contributed by atoms with Crippen LogP contribution in [-0.2, 0) is 0 Å².